The number of para-hydroxylation sites is 2. The van der Waals surface area contributed by atoms with Crippen molar-refractivity contribution in [2.24, 2.45) is 0 Å². The predicted octanol–water partition coefficient (Wildman–Crippen LogP) is 7.54. The predicted molar refractivity (Wildman–Crippen MR) is 147 cm³/mol. The van der Waals surface area contributed by atoms with Gasteiger partial charge in [0.15, 0.2) is 0 Å². The Labute approximate surface area is 209 Å². The second kappa shape index (κ2) is 9.95. The van der Waals surface area contributed by atoms with Crippen LogP contribution in [0.5, 0.6) is 11.5 Å². The van der Waals surface area contributed by atoms with E-state index in [1.807, 2.05) is 12.1 Å². The van der Waals surface area contributed by atoms with E-state index in [9.17, 15) is 0 Å². The molecular weight excluding hydrogens is 432 g/mol. The largest absolute Gasteiger partial charge is 0.457 e. The molecule has 0 spiro atoms. The molecule has 0 radical (unpaired) electrons. The van der Waals surface area contributed by atoms with Gasteiger partial charge in [0.2, 0.25) is 0 Å². The first-order chi connectivity index (χ1) is 17.1. The van der Waals surface area contributed by atoms with E-state index in [4.69, 9.17) is 4.74 Å². The van der Waals surface area contributed by atoms with E-state index in [2.05, 4.69) is 120 Å². The zero-order chi connectivity index (χ0) is 24.4. The molecule has 182 valence electrons. The first-order valence-corrected chi connectivity index (χ1v) is 12.8. The molecule has 0 saturated carbocycles. The number of nitrogens with zero attached hydrogens (tertiary/aromatic N) is 4. The van der Waals surface area contributed by atoms with Gasteiger partial charge in [0, 0.05) is 48.0 Å². The van der Waals surface area contributed by atoms with Crippen LogP contribution in [0.25, 0.3) is 0 Å². The molecule has 3 aromatic carbocycles. The van der Waals surface area contributed by atoms with Gasteiger partial charge in [-0.25, -0.2) is 0 Å². The second-order valence-electron chi connectivity index (χ2n) is 9.56. The second-order valence-corrected chi connectivity index (χ2v) is 9.56. The number of hydrogen-bond acceptors (Lipinski definition) is 5. The summed E-state index contributed by atoms with van der Waals surface area (Å²) in [5.41, 5.74) is 4.83. The van der Waals surface area contributed by atoms with E-state index in [1.54, 1.807) is 0 Å². The summed E-state index contributed by atoms with van der Waals surface area (Å²) in [6.45, 7) is 10.8. The maximum absolute atomic E-state index is 6.35. The van der Waals surface area contributed by atoms with Crippen molar-refractivity contribution in [1.82, 2.24) is 4.90 Å². The molecular formula is C30H36N4O. The van der Waals surface area contributed by atoms with Crippen molar-refractivity contribution in [2.75, 3.05) is 28.0 Å². The fourth-order valence-electron chi connectivity index (χ4n) is 4.76. The highest BCUT2D eigenvalue weighted by Crippen LogP contribution is 2.42. The number of benzene rings is 3. The lowest BCUT2D eigenvalue weighted by atomic mass is 10.2. The Balaban J connectivity index is 1.34. The maximum Gasteiger partial charge on any atom is 0.129 e. The van der Waals surface area contributed by atoms with E-state index >= 15 is 0 Å². The molecule has 0 aliphatic carbocycles. The molecule has 5 rings (SSSR count). The minimum Gasteiger partial charge on any atom is -0.457 e. The molecule has 2 unspecified atom stereocenters. The van der Waals surface area contributed by atoms with Crippen LogP contribution in [-0.2, 0) is 0 Å². The first kappa shape index (κ1) is 23.2. The Morgan fingerprint density at radius 2 is 1.37 bits per heavy atom. The molecule has 35 heavy (non-hydrogen) atoms. The van der Waals surface area contributed by atoms with Gasteiger partial charge in [-0.2, -0.15) is 0 Å². The minimum absolute atomic E-state index is 0.485. The van der Waals surface area contributed by atoms with Crippen LogP contribution < -0.4 is 19.4 Å². The fourth-order valence-corrected chi connectivity index (χ4v) is 4.76. The third-order valence-corrected chi connectivity index (χ3v) is 7.32. The molecule has 5 heteroatoms. The van der Waals surface area contributed by atoms with E-state index in [1.165, 1.54) is 11.4 Å². The molecule has 0 bridgehead atoms. The van der Waals surface area contributed by atoms with E-state index < -0.39 is 0 Å². The summed E-state index contributed by atoms with van der Waals surface area (Å²) < 4.78 is 6.35. The highest BCUT2D eigenvalue weighted by Gasteiger charge is 2.29. The van der Waals surface area contributed by atoms with Crippen LogP contribution in [0.15, 0.2) is 85.2 Å². The summed E-state index contributed by atoms with van der Waals surface area (Å²) in [4.78, 5) is 9.50. The van der Waals surface area contributed by atoms with E-state index in [0.717, 1.165) is 49.1 Å². The van der Waals surface area contributed by atoms with Gasteiger partial charge in [0.1, 0.15) is 11.5 Å². The highest BCUT2D eigenvalue weighted by atomic mass is 16.5. The summed E-state index contributed by atoms with van der Waals surface area (Å²) in [7, 11) is 0. The molecule has 2 atom stereocenters. The molecule has 0 N–H and O–H groups in total. The quantitative estimate of drug-likeness (QED) is 0.340. The van der Waals surface area contributed by atoms with Crippen LogP contribution in [0.2, 0.25) is 0 Å². The van der Waals surface area contributed by atoms with Gasteiger partial charge in [0.25, 0.3) is 0 Å². The Kier molecular flexibility index (Phi) is 6.58. The summed E-state index contributed by atoms with van der Waals surface area (Å²) in [6, 6.07) is 26.5. The summed E-state index contributed by atoms with van der Waals surface area (Å²) >= 11 is 0. The Morgan fingerprint density at radius 3 is 2.09 bits per heavy atom. The Hall–Kier alpha value is -3.60. The van der Waals surface area contributed by atoms with Crippen LogP contribution in [0.4, 0.5) is 22.7 Å². The van der Waals surface area contributed by atoms with Crippen LogP contribution in [0.3, 0.4) is 0 Å². The van der Waals surface area contributed by atoms with Crippen LogP contribution >= 0.6 is 0 Å². The van der Waals surface area contributed by atoms with Gasteiger partial charge in [-0.15, -0.1) is 0 Å². The topological polar surface area (TPSA) is 22.2 Å². The van der Waals surface area contributed by atoms with Crippen molar-refractivity contribution in [1.29, 1.82) is 0 Å². The van der Waals surface area contributed by atoms with Gasteiger partial charge in [-0.3, -0.25) is 0 Å². The molecule has 2 heterocycles. The molecule has 0 aromatic heterocycles. The summed E-state index contributed by atoms with van der Waals surface area (Å²) in [5.74, 6) is 1.69. The molecule has 2 aliphatic heterocycles. The number of fused-ring (bicyclic) bond motifs is 1. The van der Waals surface area contributed by atoms with Crippen LogP contribution in [0, 0.1) is 0 Å². The van der Waals surface area contributed by atoms with Crippen molar-refractivity contribution >= 4 is 22.7 Å². The minimum atomic E-state index is 0.485. The molecule has 0 fully saturated rings. The normalized spacial score (nSPS) is 16.6. The third-order valence-electron chi connectivity index (χ3n) is 7.32. The number of rotatable bonds is 8. The third kappa shape index (κ3) is 4.68. The zero-order valence-corrected chi connectivity index (χ0v) is 21.3. The zero-order valence-electron chi connectivity index (χ0n) is 21.3. The Morgan fingerprint density at radius 1 is 0.714 bits per heavy atom. The van der Waals surface area contributed by atoms with Gasteiger partial charge < -0.3 is 24.3 Å². The molecule has 2 aliphatic rings. The van der Waals surface area contributed by atoms with Gasteiger partial charge in [-0.05, 0) is 63.1 Å². The maximum atomic E-state index is 6.35. The SMILES string of the molecule is CCC(C)N1C=CN(c2cccc(Oc3cccc(N4CN(C(C)CC)c5ccccc54)c3)c2)C1. The fraction of sp³-hybridized carbons (Fsp3) is 0.333. The van der Waals surface area contributed by atoms with Crippen molar-refractivity contribution in [3.8, 4) is 11.5 Å². The lowest BCUT2D eigenvalue weighted by Gasteiger charge is -2.27. The first-order valence-electron chi connectivity index (χ1n) is 12.8. The lowest BCUT2D eigenvalue weighted by Crippen LogP contribution is -2.34. The summed E-state index contributed by atoms with van der Waals surface area (Å²) in [5, 5.41) is 0. The number of hydrogen-bond donors (Lipinski definition) is 0. The molecule has 0 amide bonds. The highest BCUT2D eigenvalue weighted by molar-refractivity contribution is 5.82. The molecule has 3 aromatic rings. The molecule has 0 saturated heterocycles. The summed E-state index contributed by atoms with van der Waals surface area (Å²) in [6.07, 6.45) is 6.58. The number of ether oxygens (including phenoxy) is 1. The van der Waals surface area contributed by atoms with Crippen LogP contribution in [-0.4, -0.2) is 30.3 Å². The van der Waals surface area contributed by atoms with Crippen molar-refractivity contribution in [3.63, 3.8) is 0 Å². The Bertz CT molecular complexity index is 1190. The van der Waals surface area contributed by atoms with E-state index in [0.29, 0.717) is 12.1 Å². The van der Waals surface area contributed by atoms with Crippen molar-refractivity contribution < 1.29 is 4.74 Å². The van der Waals surface area contributed by atoms with Crippen LogP contribution in [0.1, 0.15) is 40.5 Å². The average Bonchev–Trinajstić information content (AvgIpc) is 3.54. The van der Waals surface area contributed by atoms with Crippen molar-refractivity contribution in [3.05, 3.63) is 85.2 Å². The van der Waals surface area contributed by atoms with Gasteiger partial charge in [-0.1, -0.05) is 38.1 Å². The average molecular weight is 469 g/mol. The van der Waals surface area contributed by atoms with E-state index in [-0.39, 0.29) is 0 Å². The smallest absolute Gasteiger partial charge is 0.129 e. The van der Waals surface area contributed by atoms with Gasteiger partial charge >= 0.3 is 0 Å². The number of anilines is 4. The lowest BCUT2D eigenvalue weighted by molar-refractivity contribution is 0.308. The van der Waals surface area contributed by atoms with Crippen molar-refractivity contribution in [2.45, 2.75) is 52.6 Å². The monoisotopic (exact) mass is 468 g/mol. The van der Waals surface area contributed by atoms with Gasteiger partial charge in [0.05, 0.1) is 24.7 Å². The molecule has 5 nitrogen and oxygen atoms in total. The standard InChI is InChI=1S/C30H36N4O/c1-5-23(3)31-17-18-32(21-31)25-11-9-13-27(19-25)35-28-14-10-12-26(20-28)34-22-33(24(4)6-2)29-15-7-8-16-30(29)34/h7-20,23-24H,5-6,21-22H2,1-4H3.